The number of aromatic nitrogens is 1. The average molecular weight is 210 g/mol. The molecule has 0 aliphatic heterocycles. The number of halogens is 4. The highest BCUT2D eigenvalue weighted by atomic mass is 19.4. The fourth-order valence-corrected chi connectivity index (χ4v) is 0.738. The number of nitro groups is 1. The van der Waals surface area contributed by atoms with Gasteiger partial charge in [-0.15, -0.1) is 0 Å². The molecule has 0 aliphatic rings. The Kier molecular flexibility index (Phi) is 2.37. The zero-order valence-electron chi connectivity index (χ0n) is 6.38. The highest BCUT2D eigenvalue weighted by Crippen LogP contribution is 2.31. The first-order valence-corrected chi connectivity index (χ1v) is 3.20. The molecule has 76 valence electrons. The standard InChI is InChI=1S/C6H2F4N2O2/c7-5-3(6(8,9)10)1-2-4(11-5)12(13)14/h1-2H. The van der Waals surface area contributed by atoms with E-state index in [1.54, 1.807) is 0 Å². The van der Waals surface area contributed by atoms with E-state index in [0.29, 0.717) is 6.07 Å². The summed E-state index contributed by atoms with van der Waals surface area (Å²) < 4.78 is 48.4. The lowest BCUT2D eigenvalue weighted by Gasteiger charge is -2.03. The lowest BCUT2D eigenvalue weighted by Crippen LogP contribution is -2.10. The average Bonchev–Trinajstić information content (AvgIpc) is 2.01. The summed E-state index contributed by atoms with van der Waals surface area (Å²) in [5.41, 5.74) is -1.62. The second-order valence-electron chi connectivity index (χ2n) is 2.26. The Morgan fingerprint density at radius 2 is 1.93 bits per heavy atom. The first-order chi connectivity index (χ1) is 6.32. The van der Waals surface area contributed by atoms with Gasteiger partial charge in [-0.05, 0) is 16.0 Å². The van der Waals surface area contributed by atoms with E-state index in [-0.39, 0.29) is 6.07 Å². The second-order valence-corrected chi connectivity index (χ2v) is 2.26. The van der Waals surface area contributed by atoms with Gasteiger partial charge in [0.05, 0.1) is 0 Å². The molecule has 0 N–H and O–H groups in total. The third-order valence-corrected chi connectivity index (χ3v) is 1.33. The maximum atomic E-state index is 12.6. The molecule has 0 radical (unpaired) electrons. The van der Waals surface area contributed by atoms with Crippen LogP contribution in [-0.2, 0) is 6.18 Å². The Hall–Kier alpha value is -1.73. The van der Waals surface area contributed by atoms with Crippen LogP contribution < -0.4 is 0 Å². The van der Waals surface area contributed by atoms with E-state index in [2.05, 4.69) is 4.98 Å². The van der Waals surface area contributed by atoms with Gasteiger partial charge in [0.15, 0.2) is 0 Å². The Morgan fingerprint density at radius 1 is 1.36 bits per heavy atom. The van der Waals surface area contributed by atoms with Gasteiger partial charge in [0.25, 0.3) is 0 Å². The maximum absolute atomic E-state index is 12.6. The van der Waals surface area contributed by atoms with Gasteiger partial charge in [0, 0.05) is 6.07 Å². The van der Waals surface area contributed by atoms with E-state index in [1.807, 2.05) is 0 Å². The van der Waals surface area contributed by atoms with Crippen LogP contribution in [0.5, 0.6) is 0 Å². The summed E-state index contributed by atoms with van der Waals surface area (Å²) in [7, 11) is 0. The predicted molar refractivity (Wildman–Crippen MR) is 35.9 cm³/mol. The lowest BCUT2D eigenvalue weighted by molar-refractivity contribution is -0.390. The smallest absolute Gasteiger partial charge is 0.358 e. The molecule has 0 atom stereocenters. The molecule has 4 nitrogen and oxygen atoms in total. The van der Waals surface area contributed by atoms with Gasteiger partial charge in [0.2, 0.25) is 0 Å². The lowest BCUT2D eigenvalue weighted by atomic mass is 10.2. The van der Waals surface area contributed by atoms with Crippen molar-refractivity contribution in [2.24, 2.45) is 0 Å². The molecule has 0 aliphatic carbocycles. The molecule has 14 heavy (non-hydrogen) atoms. The van der Waals surface area contributed by atoms with Crippen molar-refractivity contribution in [3.8, 4) is 0 Å². The van der Waals surface area contributed by atoms with Crippen LogP contribution in [0.25, 0.3) is 0 Å². The molecular formula is C6H2F4N2O2. The number of rotatable bonds is 1. The van der Waals surface area contributed by atoms with Crippen LogP contribution in [0.4, 0.5) is 23.4 Å². The van der Waals surface area contributed by atoms with Gasteiger partial charge < -0.3 is 10.1 Å². The molecule has 0 unspecified atom stereocenters. The van der Waals surface area contributed by atoms with Crippen molar-refractivity contribution in [2.75, 3.05) is 0 Å². The van der Waals surface area contributed by atoms with E-state index < -0.39 is 28.4 Å². The Labute approximate surface area is 74.3 Å². The van der Waals surface area contributed by atoms with E-state index >= 15 is 0 Å². The van der Waals surface area contributed by atoms with Crippen LogP contribution in [0.1, 0.15) is 5.56 Å². The van der Waals surface area contributed by atoms with Crippen LogP contribution in [-0.4, -0.2) is 9.91 Å². The van der Waals surface area contributed by atoms with Crippen molar-refractivity contribution in [2.45, 2.75) is 6.18 Å². The Morgan fingerprint density at radius 3 is 2.29 bits per heavy atom. The van der Waals surface area contributed by atoms with E-state index in [4.69, 9.17) is 0 Å². The summed E-state index contributed by atoms with van der Waals surface area (Å²) in [6, 6.07) is 0.770. The highest BCUT2D eigenvalue weighted by molar-refractivity contribution is 5.25. The van der Waals surface area contributed by atoms with E-state index in [1.165, 1.54) is 0 Å². The molecule has 1 aromatic heterocycles. The van der Waals surface area contributed by atoms with Gasteiger partial charge in [-0.25, -0.2) is 0 Å². The van der Waals surface area contributed by atoms with Crippen molar-refractivity contribution < 1.29 is 22.5 Å². The molecule has 0 aromatic carbocycles. The zero-order chi connectivity index (χ0) is 10.9. The van der Waals surface area contributed by atoms with Crippen molar-refractivity contribution in [3.63, 3.8) is 0 Å². The molecule has 0 amide bonds. The first kappa shape index (κ1) is 10.4. The molecule has 1 heterocycles. The van der Waals surface area contributed by atoms with Crippen molar-refractivity contribution >= 4 is 5.82 Å². The summed E-state index contributed by atoms with van der Waals surface area (Å²) in [4.78, 5) is 11.5. The van der Waals surface area contributed by atoms with Crippen molar-refractivity contribution in [1.82, 2.24) is 4.98 Å². The fraction of sp³-hybridized carbons (Fsp3) is 0.167. The van der Waals surface area contributed by atoms with Crippen LogP contribution in [0.2, 0.25) is 0 Å². The van der Waals surface area contributed by atoms with E-state index in [9.17, 15) is 27.7 Å². The van der Waals surface area contributed by atoms with E-state index in [0.717, 1.165) is 0 Å². The number of alkyl halides is 3. The third-order valence-electron chi connectivity index (χ3n) is 1.33. The summed E-state index contributed by atoms with van der Waals surface area (Å²) >= 11 is 0. The minimum atomic E-state index is -4.90. The first-order valence-electron chi connectivity index (χ1n) is 3.20. The highest BCUT2D eigenvalue weighted by Gasteiger charge is 2.37. The minimum absolute atomic E-state index is 0.278. The zero-order valence-corrected chi connectivity index (χ0v) is 6.38. The molecule has 0 spiro atoms. The molecule has 8 heteroatoms. The van der Waals surface area contributed by atoms with Gasteiger partial charge in [0.1, 0.15) is 5.56 Å². The molecule has 1 rings (SSSR count). The molecular weight excluding hydrogens is 208 g/mol. The quantitative estimate of drug-likeness (QED) is 0.309. The monoisotopic (exact) mass is 210 g/mol. The third kappa shape index (κ3) is 1.95. The summed E-state index contributed by atoms with van der Waals surface area (Å²) in [5, 5.41) is 10.0. The summed E-state index contributed by atoms with van der Waals surface area (Å²) in [6.07, 6.45) is -4.90. The number of pyridine rings is 1. The van der Waals surface area contributed by atoms with Crippen LogP contribution in [0, 0.1) is 16.1 Å². The molecule has 1 aromatic rings. The molecule has 0 fully saturated rings. The number of nitrogens with zero attached hydrogens (tertiary/aromatic N) is 2. The second kappa shape index (κ2) is 3.20. The number of hydrogen-bond acceptors (Lipinski definition) is 3. The van der Waals surface area contributed by atoms with Crippen LogP contribution in [0.3, 0.4) is 0 Å². The Bertz CT molecular complexity index is 377. The fourth-order valence-electron chi connectivity index (χ4n) is 0.738. The van der Waals surface area contributed by atoms with Crippen molar-refractivity contribution in [3.05, 3.63) is 33.8 Å². The van der Waals surface area contributed by atoms with Gasteiger partial charge >= 0.3 is 17.9 Å². The van der Waals surface area contributed by atoms with Gasteiger partial charge in [-0.2, -0.15) is 17.6 Å². The normalized spacial score (nSPS) is 11.4. The minimum Gasteiger partial charge on any atom is -0.358 e. The molecule has 0 saturated heterocycles. The van der Waals surface area contributed by atoms with Crippen LogP contribution >= 0.6 is 0 Å². The molecule has 0 bridgehead atoms. The number of hydrogen-bond donors (Lipinski definition) is 0. The largest absolute Gasteiger partial charge is 0.423 e. The van der Waals surface area contributed by atoms with Crippen molar-refractivity contribution in [1.29, 1.82) is 0 Å². The maximum Gasteiger partial charge on any atom is 0.423 e. The SMILES string of the molecule is O=[N+]([O-])c1ccc(C(F)(F)F)c(F)n1. The predicted octanol–water partition coefficient (Wildman–Crippen LogP) is 2.15. The topological polar surface area (TPSA) is 56.0 Å². The summed E-state index contributed by atoms with van der Waals surface area (Å²) in [6.45, 7) is 0. The summed E-state index contributed by atoms with van der Waals surface area (Å²) in [5.74, 6) is -2.86. The van der Waals surface area contributed by atoms with Gasteiger partial charge in [-0.1, -0.05) is 0 Å². The van der Waals surface area contributed by atoms with Gasteiger partial charge in [-0.3, -0.25) is 0 Å². The van der Waals surface area contributed by atoms with Crippen LogP contribution in [0.15, 0.2) is 12.1 Å². The molecule has 0 saturated carbocycles. The Balaban J connectivity index is 3.21.